The zero-order chi connectivity index (χ0) is 13.8. The van der Waals surface area contributed by atoms with E-state index in [0.29, 0.717) is 18.5 Å². The number of carbonyl (C=O) groups excluding carboxylic acids is 1. The Morgan fingerprint density at radius 3 is 2.67 bits per heavy atom. The van der Waals surface area contributed by atoms with Crippen LogP contribution in [-0.4, -0.2) is 32.4 Å². The van der Waals surface area contributed by atoms with Crippen molar-refractivity contribution in [3.8, 4) is 0 Å². The van der Waals surface area contributed by atoms with E-state index in [1.807, 2.05) is 6.92 Å². The van der Waals surface area contributed by atoms with Gasteiger partial charge in [0.1, 0.15) is 5.54 Å². The van der Waals surface area contributed by atoms with E-state index in [-0.39, 0.29) is 0 Å². The summed E-state index contributed by atoms with van der Waals surface area (Å²) < 4.78 is 1.54. The zero-order valence-corrected chi connectivity index (χ0v) is 10.7. The first-order valence-corrected chi connectivity index (χ1v) is 5.68. The van der Waals surface area contributed by atoms with E-state index in [2.05, 4.69) is 15.7 Å². The standard InChI is InChI=1S/C11H18N4O3/c1-4-5-11(2,9(16)17)14-10(18)13-8-6-12-15(3)7-8/h6-7H,4-5H2,1-3H3,(H,16,17)(H2,13,14,18). The highest BCUT2D eigenvalue weighted by atomic mass is 16.4. The minimum absolute atomic E-state index is 0.364. The van der Waals surface area contributed by atoms with Crippen molar-refractivity contribution in [1.29, 1.82) is 0 Å². The van der Waals surface area contributed by atoms with Crippen molar-refractivity contribution in [2.24, 2.45) is 7.05 Å². The van der Waals surface area contributed by atoms with Gasteiger partial charge in [0, 0.05) is 13.2 Å². The number of carboxylic acids is 1. The highest BCUT2D eigenvalue weighted by Gasteiger charge is 2.33. The fourth-order valence-corrected chi connectivity index (χ4v) is 1.62. The first-order chi connectivity index (χ1) is 8.37. The fraction of sp³-hybridized carbons (Fsp3) is 0.545. The molecular weight excluding hydrogens is 236 g/mol. The number of aliphatic carboxylic acids is 1. The fourth-order valence-electron chi connectivity index (χ4n) is 1.62. The minimum atomic E-state index is -1.26. The number of hydrogen-bond donors (Lipinski definition) is 3. The maximum Gasteiger partial charge on any atom is 0.329 e. The summed E-state index contributed by atoms with van der Waals surface area (Å²) in [4.78, 5) is 22.8. The molecule has 18 heavy (non-hydrogen) atoms. The molecule has 1 aromatic heterocycles. The van der Waals surface area contributed by atoms with E-state index >= 15 is 0 Å². The number of aryl methyl sites for hydroxylation is 1. The van der Waals surface area contributed by atoms with Crippen LogP contribution in [0.25, 0.3) is 0 Å². The third-order valence-electron chi connectivity index (χ3n) is 2.57. The van der Waals surface area contributed by atoms with Crippen molar-refractivity contribution in [3.05, 3.63) is 12.4 Å². The van der Waals surface area contributed by atoms with Gasteiger partial charge in [-0.05, 0) is 13.3 Å². The van der Waals surface area contributed by atoms with Crippen molar-refractivity contribution in [2.45, 2.75) is 32.2 Å². The van der Waals surface area contributed by atoms with Crippen LogP contribution >= 0.6 is 0 Å². The zero-order valence-electron chi connectivity index (χ0n) is 10.7. The summed E-state index contributed by atoms with van der Waals surface area (Å²) in [6, 6.07) is -0.554. The number of nitrogens with one attached hydrogen (secondary N) is 2. The number of hydrogen-bond acceptors (Lipinski definition) is 3. The van der Waals surface area contributed by atoms with Gasteiger partial charge in [-0.3, -0.25) is 4.68 Å². The van der Waals surface area contributed by atoms with E-state index in [4.69, 9.17) is 5.11 Å². The highest BCUT2D eigenvalue weighted by Crippen LogP contribution is 2.13. The lowest BCUT2D eigenvalue weighted by molar-refractivity contribution is -0.143. The number of aromatic nitrogens is 2. The van der Waals surface area contributed by atoms with Crippen LogP contribution in [0.15, 0.2) is 12.4 Å². The Morgan fingerprint density at radius 1 is 1.56 bits per heavy atom. The molecule has 0 aromatic carbocycles. The summed E-state index contributed by atoms with van der Waals surface area (Å²) in [5.74, 6) is -1.05. The highest BCUT2D eigenvalue weighted by molar-refractivity contribution is 5.93. The van der Waals surface area contributed by atoms with E-state index in [0.717, 1.165) is 0 Å². The summed E-state index contributed by atoms with van der Waals surface area (Å²) in [5.41, 5.74) is -0.750. The predicted molar refractivity (Wildman–Crippen MR) is 66.3 cm³/mol. The lowest BCUT2D eigenvalue weighted by Gasteiger charge is -2.25. The Kier molecular flexibility index (Phi) is 4.30. The third kappa shape index (κ3) is 3.47. The van der Waals surface area contributed by atoms with Gasteiger partial charge < -0.3 is 15.7 Å². The molecule has 100 valence electrons. The van der Waals surface area contributed by atoms with Crippen LogP contribution in [-0.2, 0) is 11.8 Å². The first-order valence-electron chi connectivity index (χ1n) is 5.68. The van der Waals surface area contributed by atoms with Crippen molar-refractivity contribution in [3.63, 3.8) is 0 Å². The molecule has 0 fully saturated rings. The molecule has 2 amide bonds. The van der Waals surface area contributed by atoms with E-state index in [9.17, 15) is 9.59 Å². The minimum Gasteiger partial charge on any atom is -0.480 e. The number of nitrogens with zero attached hydrogens (tertiary/aromatic N) is 2. The molecular formula is C11H18N4O3. The molecule has 7 heteroatoms. The number of amides is 2. The molecule has 1 heterocycles. The van der Waals surface area contributed by atoms with E-state index in [1.54, 1.807) is 13.2 Å². The second kappa shape index (κ2) is 5.52. The van der Waals surface area contributed by atoms with Crippen molar-refractivity contribution in [2.75, 3.05) is 5.32 Å². The molecule has 1 aromatic rings. The van der Waals surface area contributed by atoms with Gasteiger partial charge in [-0.1, -0.05) is 13.3 Å². The van der Waals surface area contributed by atoms with Gasteiger partial charge in [-0.2, -0.15) is 5.10 Å². The Balaban J connectivity index is 2.65. The van der Waals surface area contributed by atoms with Gasteiger partial charge in [0.2, 0.25) is 0 Å². The third-order valence-corrected chi connectivity index (χ3v) is 2.57. The van der Waals surface area contributed by atoms with Crippen LogP contribution in [0.4, 0.5) is 10.5 Å². The van der Waals surface area contributed by atoms with Crippen LogP contribution in [0.2, 0.25) is 0 Å². The van der Waals surface area contributed by atoms with Crippen LogP contribution in [0.3, 0.4) is 0 Å². The normalized spacial score (nSPS) is 13.7. The molecule has 0 aliphatic heterocycles. The largest absolute Gasteiger partial charge is 0.480 e. The molecule has 0 aliphatic rings. The quantitative estimate of drug-likeness (QED) is 0.735. The molecule has 1 rings (SSSR count). The summed E-state index contributed by atoms with van der Waals surface area (Å²) in [6.45, 7) is 3.35. The van der Waals surface area contributed by atoms with Gasteiger partial charge in [-0.25, -0.2) is 9.59 Å². The SMILES string of the molecule is CCCC(C)(NC(=O)Nc1cnn(C)c1)C(=O)O. The summed E-state index contributed by atoms with van der Waals surface area (Å²) in [5, 5.41) is 18.0. The van der Waals surface area contributed by atoms with Crippen molar-refractivity contribution >= 4 is 17.7 Å². The van der Waals surface area contributed by atoms with Crippen LogP contribution < -0.4 is 10.6 Å². The Labute approximate surface area is 105 Å². The molecule has 1 unspecified atom stereocenters. The Hall–Kier alpha value is -2.05. The molecule has 1 atom stereocenters. The second-order valence-corrected chi connectivity index (χ2v) is 4.37. The van der Waals surface area contributed by atoms with Crippen LogP contribution in [0.1, 0.15) is 26.7 Å². The summed E-state index contributed by atoms with van der Waals surface area (Å²) >= 11 is 0. The number of carbonyl (C=O) groups is 2. The molecule has 0 saturated carbocycles. The lowest BCUT2D eigenvalue weighted by Crippen LogP contribution is -2.53. The van der Waals surface area contributed by atoms with Crippen LogP contribution in [0, 0.1) is 0 Å². The number of carboxylic acid groups (broad SMARTS) is 1. The predicted octanol–water partition coefficient (Wildman–Crippen LogP) is 1.18. The van der Waals surface area contributed by atoms with Gasteiger partial charge in [-0.15, -0.1) is 0 Å². The average molecular weight is 254 g/mol. The molecule has 0 spiro atoms. The monoisotopic (exact) mass is 254 g/mol. The van der Waals surface area contributed by atoms with Gasteiger partial charge in [0.05, 0.1) is 11.9 Å². The van der Waals surface area contributed by atoms with E-state index in [1.165, 1.54) is 17.8 Å². The average Bonchev–Trinajstić information content (AvgIpc) is 2.63. The second-order valence-electron chi connectivity index (χ2n) is 4.37. The van der Waals surface area contributed by atoms with Crippen molar-refractivity contribution < 1.29 is 14.7 Å². The van der Waals surface area contributed by atoms with Gasteiger partial charge in [0.25, 0.3) is 0 Å². The molecule has 0 radical (unpaired) electrons. The molecule has 0 bridgehead atoms. The molecule has 0 saturated heterocycles. The number of anilines is 1. The lowest BCUT2D eigenvalue weighted by atomic mass is 9.97. The maximum atomic E-state index is 11.7. The molecule has 3 N–H and O–H groups in total. The topological polar surface area (TPSA) is 96.3 Å². The van der Waals surface area contributed by atoms with Crippen molar-refractivity contribution in [1.82, 2.24) is 15.1 Å². The number of rotatable bonds is 5. The van der Waals surface area contributed by atoms with Gasteiger partial charge >= 0.3 is 12.0 Å². The Bertz CT molecular complexity index is 443. The number of urea groups is 1. The maximum absolute atomic E-state index is 11.7. The van der Waals surface area contributed by atoms with E-state index < -0.39 is 17.5 Å². The molecule has 7 nitrogen and oxygen atoms in total. The first kappa shape index (κ1) is 14.0. The summed E-state index contributed by atoms with van der Waals surface area (Å²) in [7, 11) is 1.72. The van der Waals surface area contributed by atoms with Gasteiger partial charge in [0.15, 0.2) is 0 Å². The smallest absolute Gasteiger partial charge is 0.329 e. The summed E-state index contributed by atoms with van der Waals surface area (Å²) in [6.07, 6.45) is 4.13. The molecule has 0 aliphatic carbocycles. The van der Waals surface area contributed by atoms with Crippen LogP contribution in [0.5, 0.6) is 0 Å². The Morgan fingerprint density at radius 2 is 2.22 bits per heavy atom.